The summed E-state index contributed by atoms with van der Waals surface area (Å²) in [5.74, 6) is -1.28. The van der Waals surface area contributed by atoms with E-state index in [-0.39, 0.29) is 18.6 Å². The lowest BCUT2D eigenvalue weighted by Gasteiger charge is -2.10. The summed E-state index contributed by atoms with van der Waals surface area (Å²) < 4.78 is 5.51. The molecule has 0 aromatic heterocycles. The van der Waals surface area contributed by atoms with E-state index in [4.69, 9.17) is 4.74 Å². The molecule has 8 nitrogen and oxygen atoms in total. The number of ether oxygens (including phenoxy) is 1. The maximum Gasteiger partial charge on any atom is 0.329 e. The number of carbonyl (C=O) groups is 3. The van der Waals surface area contributed by atoms with Crippen molar-refractivity contribution in [1.29, 1.82) is 0 Å². The molecule has 2 aromatic carbocycles. The van der Waals surface area contributed by atoms with Gasteiger partial charge in [-0.25, -0.2) is 5.43 Å². The maximum atomic E-state index is 12.1. The Hall–Kier alpha value is -3.68. The maximum absolute atomic E-state index is 12.1. The van der Waals surface area contributed by atoms with E-state index in [9.17, 15) is 14.4 Å². The molecule has 31 heavy (non-hydrogen) atoms. The SMILES string of the molecule is CCc1ccccc1NC(=O)COc1ccc(/C=N\NC(=O)C(=O)N[C@@H](C)CC)cc1. The van der Waals surface area contributed by atoms with Crippen LogP contribution >= 0.6 is 0 Å². The first kappa shape index (κ1) is 23.6. The Morgan fingerprint density at radius 1 is 1.03 bits per heavy atom. The highest BCUT2D eigenvalue weighted by atomic mass is 16.5. The average Bonchev–Trinajstić information content (AvgIpc) is 2.78. The molecular weight excluding hydrogens is 396 g/mol. The van der Waals surface area contributed by atoms with Crippen LogP contribution in [0.25, 0.3) is 0 Å². The molecule has 0 aliphatic rings. The van der Waals surface area contributed by atoms with Gasteiger partial charge in [-0.1, -0.05) is 32.0 Å². The topological polar surface area (TPSA) is 109 Å². The summed E-state index contributed by atoms with van der Waals surface area (Å²) in [6.45, 7) is 5.63. The Labute approximate surface area is 182 Å². The molecule has 0 fully saturated rings. The van der Waals surface area contributed by atoms with Gasteiger partial charge in [-0.2, -0.15) is 5.10 Å². The van der Waals surface area contributed by atoms with E-state index in [1.54, 1.807) is 24.3 Å². The summed E-state index contributed by atoms with van der Waals surface area (Å²) in [6.07, 6.45) is 2.96. The summed E-state index contributed by atoms with van der Waals surface area (Å²) in [7, 11) is 0. The van der Waals surface area contributed by atoms with Crippen LogP contribution in [0.4, 0.5) is 5.69 Å². The summed E-state index contributed by atoms with van der Waals surface area (Å²) in [5.41, 5.74) is 4.71. The van der Waals surface area contributed by atoms with E-state index in [0.29, 0.717) is 11.3 Å². The first-order chi connectivity index (χ1) is 14.9. The molecule has 0 spiro atoms. The van der Waals surface area contributed by atoms with Crippen molar-refractivity contribution in [2.24, 2.45) is 5.10 Å². The van der Waals surface area contributed by atoms with Crippen molar-refractivity contribution < 1.29 is 19.1 Å². The molecule has 0 heterocycles. The van der Waals surface area contributed by atoms with Gasteiger partial charge in [0.1, 0.15) is 5.75 Å². The molecule has 1 atom stereocenters. The van der Waals surface area contributed by atoms with Gasteiger partial charge in [-0.15, -0.1) is 0 Å². The Kier molecular flexibility index (Phi) is 9.22. The number of aryl methyl sites for hydroxylation is 1. The monoisotopic (exact) mass is 424 g/mol. The van der Waals surface area contributed by atoms with E-state index in [1.807, 2.05) is 45.0 Å². The van der Waals surface area contributed by atoms with E-state index >= 15 is 0 Å². The number of hydrogen-bond donors (Lipinski definition) is 3. The van der Waals surface area contributed by atoms with Gasteiger partial charge in [0, 0.05) is 11.7 Å². The number of hydrazone groups is 1. The van der Waals surface area contributed by atoms with Gasteiger partial charge in [0.2, 0.25) is 0 Å². The first-order valence-corrected chi connectivity index (χ1v) is 10.2. The summed E-state index contributed by atoms with van der Waals surface area (Å²) in [5, 5.41) is 9.18. The predicted octanol–water partition coefficient (Wildman–Crippen LogP) is 2.63. The predicted molar refractivity (Wildman–Crippen MR) is 120 cm³/mol. The summed E-state index contributed by atoms with van der Waals surface area (Å²) >= 11 is 0. The molecule has 0 radical (unpaired) electrons. The lowest BCUT2D eigenvalue weighted by Crippen LogP contribution is -2.41. The largest absolute Gasteiger partial charge is 0.484 e. The highest BCUT2D eigenvalue weighted by Crippen LogP contribution is 2.16. The highest BCUT2D eigenvalue weighted by Gasteiger charge is 2.14. The number of rotatable bonds is 9. The third-order valence-electron chi connectivity index (χ3n) is 4.50. The van der Waals surface area contributed by atoms with Crippen molar-refractivity contribution in [3.63, 3.8) is 0 Å². The Bertz CT molecular complexity index is 925. The normalized spacial score (nSPS) is 11.6. The van der Waals surface area contributed by atoms with Gasteiger partial charge in [0.15, 0.2) is 6.61 Å². The van der Waals surface area contributed by atoms with Crippen LogP contribution in [-0.2, 0) is 20.8 Å². The molecule has 164 valence electrons. The van der Waals surface area contributed by atoms with Crippen LogP contribution in [0.5, 0.6) is 5.75 Å². The number of nitrogens with zero attached hydrogens (tertiary/aromatic N) is 1. The van der Waals surface area contributed by atoms with Gasteiger partial charge >= 0.3 is 11.8 Å². The minimum Gasteiger partial charge on any atom is -0.484 e. The van der Waals surface area contributed by atoms with Crippen LogP contribution in [0.3, 0.4) is 0 Å². The van der Waals surface area contributed by atoms with Crippen LogP contribution in [0, 0.1) is 0 Å². The van der Waals surface area contributed by atoms with Crippen LogP contribution in [0.1, 0.15) is 38.3 Å². The number of hydrogen-bond acceptors (Lipinski definition) is 5. The lowest BCUT2D eigenvalue weighted by molar-refractivity contribution is -0.139. The van der Waals surface area contributed by atoms with Gasteiger partial charge < -0.3 is 15.4 Å². The Morgan fingerprint density at radius 2 is 1.74 bits per heavy atom. The fraction of sp³-hybridized carbons (Fsp3) is 0.304. The van der Waals surface area contributed by atoms with Crippen molar-refractivity contribution >= 4 is 29.6 Å². The Morgan fingerprint density at radius 3 is 2.42 bits per heavy atom. The number of benzene rings is 2. The van der Waals surface area contributed by atoms with Gasteiger partial charge in [-0.05, 0) is 61.2 Å². The second kappa shape index (κ2) is 12.1. The van der Waals surface area contributed by atoms with Crippen molar-refractivity contribution in [3.05, 3.63) is 59.7 Å². The van der Waals surface area contributed by atoms with E-state index in [2.05, 4.69) is 21.2 Å². The van der Waals surface area contributed by atoms with Crippen LogP contribution < -0.4 is 20.8 Å². The molecule has 0 saturated heterocycles. The molecular formula is C23H28N4O4. The minimum atomic E-state index is -0.827. The fourth-order valence-corrected chi connectivity index (χ4v) is 2.54. The number of nitrogens with one attached hydrogen (secondary N) is 3. The molecule has 0 saturated carbocycles. The van der Waals surface area contributed by atoms with Crippen LogP contribution in [0.2, 0.25) is 0 Å². The highest BCUT2D eigenvalue weighted by molar-refractivity contribution is 6.35. The van der Waals surface area contributed by atoms with Crippen molar-refractivity contribution in [1.82, 2.24) is 10.7 Å². The minimum absolute atomic E-state index is 0.0850. The molecule has 0 bridgehead atoms. The first-order valence-electron chi connectivity index (χ1n) is 10.2. The van der Waals surface area contributed by atoms with Crippen LogP contribution in [0.15, 0.2) is 53.6 Å². The molecule has 3 N–H and O–H groups in total. The molecule has 8 heteroatoms. The van der Waals surface area contributed by atoms with Crippen molar-refractivity contribution in [2.45, 2.75) is 39.7 Å². The quantitative estimate of drug-likeness (QED) is 0.327. The van der Waals surface area contributed by atoms with E-state index < -0.39 is 11.8 Å². The second-order valence-electron chi connectivity index (χ2n) is 6.90. The lowest BCUT2D eigenvalue weighted by atomic mass is 10.1. The van der Waals surface area contributed by atoms with Gasteiger partial charge in [0.25, 0.3) is 5.91 Å². The number of carbonyl (C=O) groups excluding carboxylic acids is 3. The molecule has 0 aliphatic carbocycles. The van der Waals surface area contributed by atoms with Gasteiger partial charge in [0.05, 0.1) is 6.21 Å². The zero-order valence-electron chi connectivity index (χ0n) is 18.0. The number of amides is 3. The summed E-state index contributed by atoms with van der Waals surface area (Å²) in [6, 6.07) is 14.4. The fourth-order valence-electron chi connectivity index (χ4n) is 2.54. The van der Waals surface area contributed by atoms with Crippen LogP contribution in [-0.4, -0.2) is 36.6 Å². The molecule has 3 amide bonds. The molecule has 2 rings (SSSR count). The Balaban J connectivity index is 1.80. The standard InChI is InChI=1S/C23H28N4O4/c1-4-16(3)25-22(29)23(30)27-24-14-17-10-12-19(13-11-17)31-15-21(28)26-20-9-7-6-8-18(20)5-2/h6-14,16H,4-5,15H2,1-3H3,(H,25,29)(H,26,28)(H,27,30)/b24-14-/t16-/m0/s1. The number of para-hydroxylation sites is 1. The zero-order valence-corrected chi connectivity index (χ0v) is 18.0. The van der Waals surface area contributed by atoms with E-state index in [1.165, 1.54) is 6.21 Å². The molecule has 0 aliphatic heterocycles. The third-order valence-corrected chi connectivity index (χ3v) is 4.50. The van der Waals surface area contributed by atoms with E-state index in [0.717, 1.165) is 24.1 Å². The zero-order chi connectivity index (χ0) is 22.6. The molecule has 0 unspecified atom stereocenters. The van der Waals surface area contributed by atoms with Crippen molar-refractivity contribution in [3.8, 4) is 5.75 Å². The smallest absolute Gasteiger partial charge is 0.329 e. The average molecular weight is 425 g/mol. The van der Waals surface area contributed by atoms with Crippen molar-refractivity contribution in [2.75, 3.05) is 11.9 Å². The third kappa shape index (κ3) is 7.93. The molecule has 2 aromatic rings. The summed E-state index contributed by atoms with van der Waals surface area (Å²) in [4.78, 5) is 35.4. The second-order valence-corrected chi connectivity index (χ2v) is 6.90. The number of anilines is 1. The van der Waals surface area contributed by atoms with Gasteiger partial charge in [-0.3, -0.25) is 14.4 Å².